The fraction of sp³-hybridized carbons (Fsp3) is 0.379. The first-order valence-electron chi connectivity index (χ1n) is 13.0. The number of aromatic nitrogens is 2. The number of rotatable bonds is 10. The van der Waals surface area contributed by atoms with Gasteiger partial charge in [0.15, 0.2) is 0 Å². The highest BCUT2D eigenvalue weighted by Crippen LogP contribution is 2.38. The van der Waals surface area contributed by atoms with Gasteiger partial charge in [-0.3, -0.25) is 9.78 Å². The standard InChI is InChI=1S/C29H32Cl2N4O.ClH/c30-20-16-23(31)28-26(17-20)35-25-11-6-4-9-22(25)29(28)33-14-7-1-2-12-27(36)32-15-13-19-18-34-24-10-5-3-8-21(19)24;/h3,5,8,10,16-18,34H,1-2,4,6-7,9,11-15H2,(H,32,36)(H,33,35);1H. The molecule has 37 heavy (non-hydrogen) atoms. The quantitative estimate of drug-likeness (QED) is 0.175. The first kappa shape index (κ1) is 27.6. The van der Waals surface area contributed by atoms with E-state index in [1.165, 1.54) is 35.0 Å². The lowest BCUT2D eigenvalue weighted by Crippen LogP contribution is -2.25. The highest BCUT2D eigenvalue weighted by molar-refractivity contribution is 6.39. The fourth-order valence-electron chi connectivity index (χ4n) is 5.23. The summed E-state index contributed by atoms with van der Waals surface area (Å²) in [6, 6.07) is 12.0. The Balaban J connectivity index is 0.00000320. The second-order valence-corrected chi connectivity index (χ2v) is 10.4. The van der Waals surface area contributed by atoms with E-state index in [1.54, 1.807) is 6.07 Å². The lowest BCUT2D eigenvalue weighted by molar-refractivity contribution is -0.121. The van der Waals surface area contributed by atoms with Gasteiger partial charge in [0.05, 0.1) is 16.2 Å². The van der Waals surface area contributed by atoms with Crippen LogP contribution in [0.1, 0.15) is 55.3 Å². The van der Waals surface area contributed by atoms with Crippen molar-refractivity contribution in [3.63, 3.8) is 0 Å². The Morgan fingerprint density at radius 2 is 1.86 bits per heavy atom. The molecule has 2 heterocycles. The zero-order valence-corrected chi connectivity index (χ0v) is 23.2. The number of nitrogens with zero attached hydrogens (tertiary/aromatic N) is 1. The predicted octanol–water partition coefficient (Wildman–Crippen LogP) is 7.65. The highest BCUT2D eigenvalue weighted by Gasteiger charge is 2.20. The Morgan fingerprint density at radius 3 is 2.76 bits per heavy atom. The maximum Gasteiger partial charge on any atom is 0.220 e. The van der Waals surface area contributed by atoms with Crippen LogP contribution in [-0.2, 0) is 24.1 Å². The van der Waals surface area contributed by atoms with E-state index in [-0.39, 0.29) is 18.3 Å². The number of benzene rings is 2. The number of pyridine rings is 1. The second-order valence-electron chi connectivity index (χ2n) is 9.60. The van der Waals surface area contributed by atoms with Crippen LogP contribution in [0.2, 0.25) is 10.0 Å². The van der Waals surface area contributed by atoms with Crippen LogP contribution >= 0.6 is 35.6 Å². The zero-order chi connectivity index (χ0) is 24.9. The summed E-state index contributed by atoms with van der Waals surface area (Å²) in [5.74, 6) is 0.126. The normalized spacial score (nSPS) is 12.8. The molecule has 0 fully saturated rings. The summed E-state index contributed by atoms with van der Waals surface area (Å²) in [6.07, 6.45) is 10.7. The summed E-state index contributed by atoms with van der Waals surface area (Å²) in [6.45, 7) is 1.50. The lowest BCUT2D eigenvalue weighted by atomic mass is 9.92. The summed E-state index contributed by atoms with van der Waals surface area (Å²) in [4.78, 5) is 20.5. The van der Waals surface area contributed by atoms with Gasteiger partial charge in [-0.15, -0.1) is 12.4 Å². The molecule has 1 aliphatic rings. The SMILES string of the molecule is Cl.O=C(CCCCCNc1c2c(nc3cc(Cl)cc(Cl)c13)CCCC2)NCCc1c[nH]c2ccccc12. The molecule has 196 valence electrons. The van der Waals surface area contributed by atoms with Crippen LogP contribution in [0.25, 0.3) is 21.8 Å². The molecule has 4 aromatic rings. The smallest absolute Gasteiger partial charge is 0.220 e. The first-order valence-corrected chi connectivity index (χ1v) is 13.7. The van der Waals surface area contributed by atoms with E-state index in [2.05, 4.69) is 27.8 Å². The van der Waals surface area contributed by atoms with E-state index < -0.39 is 0 Å². The molecule has 0 bridgehead atoms. The predicted molar refractivity (Wildman–Crippen MR) is 158 cm³/mol. The minimum Gasteiger partial charge on any atom is -0.384 e. The number of aryl methyl sites for hydroxylation is 1. The Labute approximate surface area is 234 Å². The molecular weight excluding hydrogens is 527 g/mol. The van der Waals surface area contributed by atoms with Crippen LogP contribution in [0.15, 0.2) is 42.6 Å². The number of amides is 1. The summed E-state index contributed by atoms with van der Waals surface area (Å²) < 4.78 is 0. The largest absolute Gasteiger partial charge is 0.384 e. The van der Waals surface area contributed by atoms with Crippen LogP contribution in [0.5, 0.6) is 0 Å². The van der Waals surface area contributed by atoms with E-state index in [4.69, 9.17) is 28.2 Å². The third kappa shape index (κ3) is 6.51. The number of halogens is 3. The number of carbonyl (C=O) groups excluding carboxylic acids is 1. The third-order valence-electron chi connectivity index (χ3n) is 7.05. The number of carbonyl (C=O) groups is 1. The van der Waals surface area contributed by atoms with Crippen molar-refractivity contribution < 1.29 is 4.79 Å². The van der Waals surface area contributed by atoms with Gasteiger partial charge in [0.1, 0.15) is 0 Å². The zero-order valence-electron chi connectivity index (χ0n) is 20.8. The molecule has 5 nitrogen and oxygen atoms in total. The molecular formula is C29H33Cl3N4O. The molecule has 2 aromatic carbocycles. The van der Waals surface area contributed by atoms with Crippen molar-refractivity contribution in [1.82, 2.24) is 15.3 Å². The molecule has 0 unspecified atom stereocenters. The van der Waals surface area contributed by atoms with Crippen LogP contribution in [0, 0.1) is 0 Å². The average molecular weight is 560 g/mol. The molecule has 5 rings (SSSR count). The van der Waals surface area contributed by atoms with Crippen molar-refractivity contribution in [3.05, 3.63) is 69.5 Å². The molecule has 3 N–H and O–H groups in total. The van der Waals surface area contributed by atoms with Crippen molar-refractivity contribution >= 4 is 69.0 Å². The maximum absolute atomic E-state index is 12.3. The Hall–Kier alpha value is -2.47. The summed E-state index contributed by atoms with van der Waals surface area (Å²) in [5.41, 5.74) is 6.82. The van der Waals surface area contributed by atoms with Gasteiger partial charge < -0.3 is 15.6 Å². The number of para-hydroxylation sites is 1. The van der Waals surface area contributed by atoms with Gasteiger partial charge in [-0.25, -0.2) is 0 Å². The Kier molecular flexibility index (Phi) is 9.58. The van der Waals surface area contributed by atoms with Gasteiger partial charge in [0, 0.05) is 52.7 Å². The molecule has 0 saturated heterocycles. The van der Waals surface area contributed by atoms with E-state index in [9.17, 15) is 4.79 Å². The second kappa shape index (κ2) is 12.9. The number of aromatic amines is 1. The average Bonchev–Trinajstić information content (AvgIpc) is 3.28. The maximum atomic E-state index is 12.3. The van der Waals surface area contributed by atoms with E-state index in [0.29, 0.717) is 23.0 Å². The van der Waals surface area contributed by atoms with E-state index >= 15 is 0 Å². The molecule has 0 saturated carbocycles. The van der Waals surface area contributed by atoms with Gasteiger partial charge >= 0.3 is 0 Å². The van der Waals surface area contributed by atoms with Crippen molar-refractivity contribution in [2.24, 2.45) is 0 Å². The van der Waals surface area contributed by atoms with E-state index in [1.807, 2.05) is 24.4 Å². The molecule has 8 heteroatoms. The molecule has 0 aliphatic heterocycles. The number of fused-ring (bicyclic) bond motifs is 3. The number of unbranched alkanes of at least 4 members (excludes halogenated alkanes) is 2. The molecule has 0 atom stereocenters. The molecule has 2 aromatic heterocycles. The monoisotopic (exact) mass is 558 g/mol. The van der Waals surface area contributed by atoms with Crippen molar-refractivity contribution in [3.8, 4) is 0 Å². The minimum atomic E-state index is 0. The van der Waals surface area contributed by atoms with Crippen molar-refractivity contribution in [2.45, 2.75) is 57.8 Å². The molecule has 1 aliphatic carbocycles. The summed E-state index contributed by atoms with van der Waals surface area (Å²) in [7, 11) is 0. The summed E-state index contributed by atoms with van der Waals surface area (Å²) in [5, 5.41) is 10.2. The van der Waals surface area contributed by atoms with Crippen LogP contribution < -0.4 is 10.6 Å². The van der Waals surface area contributed by atoms with Crippen molar-refractivity contribution in [2.75, 3.05) is 18.4 Å². The number of hydrogen-bond acceptors (Lipinski definition) is 3. The number of hydrogen-bond donors (Lipinski definition) is 3. The van der Waals surface area contributed by atoms with Gasteiger partial charge in [-0.1, -0.05) is 47.8 Å². The van der Waals surface area contributed by atoms with Crippen LogP contribution in [0.3, 0.4) is 0 Å². The minimum absolute atomic E-state index is 0. The lowest BCUT2D eigenvalue weighted by Gasteiger charge is -2.22. The van der Waals surface area contributed by atoms with Gasteiger partial charge in [-0.2, -0.15) is 0 Å². The van der Waals surface area contributed by atoms with Gasteiger partial charge in [0.25, 0.3) is 0 Å². The van der Waals surface area contributed by atoms with Crippen LogP contribution in [0.4, 0.5) is 5.69 Å². The fourth-order valence-corrected chi connectivity index (χ4v) is 5.81. The van der Waals surface area contributed by atoms with Gasteiger partial charge in [-0.05, 0) is 74.3 Å². The molecule has 1 amide bonds. The van der Waals surface area contributed by atoms with Crippen molar-refractivity contribution in [1.29, 1.82) is 0 Å². The number of H-pyrrole nitrogens is 1. The van der Waals surface area contributed by atoms with Gasteiger partial charge in [0.2, 0.25) is 5.91 Å². The Morgan fingerprint density at radius 1 is 1.03 bits per heavy atom. The Bertz CT molecular complexity index is 1380. The molecule has 0 spiro atoms. The summed E-state index contributed by atoms with van der Waals surface area (Å²) >= 11 is 12.8. The number of nitrogens with one attached hydrogen (secondary N) is 3. The topological polar surface area (TPSA) is 69.8 Å². The number of anilines is 1. The van der Waals surface area contributed by atoms with Crippen LogP contribution in [-0.4, -0.2) is 29.0 Å². The molecule has 0 radical (unpaired) electrons. The highest BCUT2D eigenvalue weighted by atomic mass is 35.5. The van der Waals surface area contributed by atoms with E-state index in [0.717, 1.165) is 67.2 Å². The third-order valence-corrected chi connectivity index (χ3v) is 7.57. The first-order chi connectivity index (χ1) is 17.6.